The van der Waals surface area contributed by atoms with Gasteiger partial charge < -0.3 is 47.9 Å². The molecule has 0 aromatic heterocycles. The number of amides is 5. The standard InChI is InChI=1S/C33H59N5O14/c1-26(2)30(31(42)36-37-32(43)52-33(3,4)5)35-27(39)8-10-44-12-14-46-16-18-48-20-22-50-24-25-51-23-21-49-19-17-47-15-13-45-11-9-34-38-28(40)6-7-29(38)41/h6-7,26,30,34H,8-25H2,1-5H3,(H,35,39)(H,36,42)(H,37,43)/t30-/m0/s1. The van der Waals surface area contributed by atoms with Gasteiger partial charge in [0.25, 0.3) is 17.7 Å². The highest BCUT2D eigenvalue weighted by molar-refractivity contribution is 6.12. The number of ether oxygens (including phenoxy) is 9. The Bertz CT molecular complexity index is 1040. The van der Waals surface area contributed by atoms with E-state index < -0.39 is 35.5 Å². The molecule has 0 fully saturated rings. The molecule has 1 rings (SSSR count). The van der Waals surface area contributed by atoms with E-state index in [0.29, 0.717) is 106 Å². The van der Waals surface area contributed by atoms with Gasteiger partial charge in [0.2, 0.25) is 5.91 Å². The Morgan fingerprint density at radius 3 is 1.38 bits per heavy atom. The Labute approximate surface area is 305 Å². The summed E-state index contributed by atoms with van der Waals surface area (Å²) in [4.78, 5) is 59.2. The van der Waals surface area contributed by atoms with Crippen LogP contribution in [-0.2, 0) is 61.8 Å². The van der Waals surface area contributed by atoms with E-state index in [0.717, 1.165) is 5.01 Å². The topological polar surface area (TPSA) is 220 Å². The molecule has 4 N–H and O–H groups in total. The molecule has 1 aliphatic rings. The number of carbonyl (C=O) groups excluding carboxylic acids is 5. The summed E-state index contributed by atoms with van der Waals surface area (Å²) in [6.07, 6.45) is 1.67. The zero-order valence-corrected chi connectivity index (χ0v) is 31.2. The van der Waals surface area contributed by atoms with Gasteiger partial charge in [0, 0.05) is 25.1 Å². The van der Waals surface area contributed by atoms with Crippen LogP contribution in [-0.4, -0.2) is 159 Å². The van der Waals surface area contributed by atoms with Crippen molar-refractivity contribution in [3.8, 4) is 0 Å². The van der Waals surface area contributed by atoms with Gasteiger partial charge in [-0.1, -0.05) is 13.8 Å². The molecule has 19 nitrogen and oxygen atoms in total. The van der Waals surface area contributed by atoms with Crippen LogP contribution < -0.4 is 21.6 Å². The number of hydrogen-bond donors (Lipinski definition) is 4. The molecule has 0 unspecified atom stereocenters. The third kappa shape index (κ3) is 25.6. The third-order valence-corrected chi connectivity index (χ3v) is 6.36. The number of carbonyl (C=O) groups is 5. The van der Waals surface area contributed by atoms with Crippen LogP contribution in [0.15, 0.2) is 12.2 Å². The van der Waals surface area contributed by atoms with Gasteiger partial charge >= 0.3 is 6.09 Å². The quantitative estimate of drug-likeness (QED) is 0.0404. The van der Waals surface area contributed by atoms with Crippen LogP contribution in [0.25, 0.3) is 0 Å². The number of hydrazine groups is 2. The highest BCUT2D eigenvalue weighted by Gasteiger charge is 2.25. The summed E-state index contributed by atoms with van der Waals surface area (Å²) in [6.45, 7) is 15.1. The normalized spacial score (nSPS) is 13.5. The maximum Gasteiger partial charge on any atom is 0.426 e. The first kappa shape index (κ1) is 46.8. The van der Waals surface area contributed by atoms with E-state index in [1.165, 1.54) is 12.2 Å². The molecule has 0 aliphatic carbocycles. The fraction of sp³-hybridized carbons (Fsp3) is 0.788. The lowest BCUT2D eigenvalue weighted by Gasteiger charge is -2.23. The molecule has 0 bridgehead atoms. The van der Waals surface area contributed by atoms with Crippen molar-refractivity contribution in [2.45, 2.75) is 52.7 Å². The number of hydrogen-bond acceptors (Lipinski definition) is 15. The molecule has 52 heavy (non-hydrogen) atoms. The molecule has 0 aromatic rings. The number of rotatable bonds is 31. The predicted molar refractivity (Wildman–Crippen MR) is 184 cm³/mol. The van der Waals surface area contributed by atoms with Crippen molar-refractivity contribution >= 4 is 29.7 Å². The summed E-state index contributed by atoms with van der Waals surface area (Å²) in [6, 6.07) is -0.850. The third-order valence-electron chi connectivity index (χ3n) is 6.36. The molecule has 5 amide bonds. The molecule has 0 saturated carbocycles. The Balaban J connectivity index is 1.81. The van der Waals surface area contributed by atoms with E-state index >= 15 is 0 Å². The van der Waals surface area contributed by atoms with E-state index in [1.54, 1.807) is 34.6 Å². The average Bonchev–Trinajstić information content (AvgIpc) is 3.40. The molecule has 0 radical (unpaired) electrons. The van der Waals surface area contributed by atoms with Crippen LogP contribution in [0.3, 0.4) is 0 Å². The minimum Gasteiger partial charge on any atom is -0.443 e. The molecule has 1 heterocycles. The molecule has 1 atom stereocenters. The van der Waals surface area contributed by atoms with Crippen molar-refractivity contribution in [1.82, 2.24) is 26.6 Å². The van der Waals surface area contributed by atoms with Gasteiger partial charge in [0.05, 0.1) is 106 Å². The zero-order chi connectivity index (χ0) is 38.5. The molecule has 300 valence electrons. The van der Waals surface area contributed by atoms with Crippen molar-refractivity contribution in [2.75, 3.05) is 112 Å². The first-order chi connectivity index (χ1) is 24.9. The first-order valence-electron chi connectivity index (χ1n) is 17.4. The van der Waals surface area contributed by atoms with Gasteiger partial charge in [-0.15, -0.1) is 0 Å². The van der Waals surface area contributed by atoms with Gasteiger partial charge in [0.15, 0.2) is 0 Å². The van der Waals surface area contributed by atoms with Crippen molar-refractivity contribution < 1.29 is 66.6 Å². The van der Waals surface area contributed by atoms with E-state index in [9.17, 15) is 24.0 Å². The largest absolute Gasteiger partial charge is 0.443 e. The van der Waals surface area contributed by atoms with E-state index in [-0.39, 0.29) is 24.9 Å². The SMILES string of the molecule is CC(C)[C@H](NC(=O)CCOCCOCCOCCOCCOCCOCCOCCOCCNN1C(=O)C=CC1=O)C(=O)NNC(=O)OC(C)(C)C. The Hall–Kier alpha value is -3.27. The lowest BCUT2D eigenvalue weighted by molar-refractivity contribution is -0.140. The van der Waals surface area contributed by atoms with Crippen LogP contribution in [0, 0.1) is 5.92 Å². The van der Waals surface area contributed by atoms with Crippen molar-refractivity contribution in [1.29, 1.82) is 0 Å². The highest BCUT2D eigenvalue weighted by Crippen LogP contribution is 2.06. The van der Waals surface area contributed by atoms with Gasteiger partial charge in [-0.2, -0.15) is 0 Å². The molecular weight excluding hydrogens is 690 g/mol. The zero-order valence-electron chi connectivity index (χ0n) is 31.2. The number of nitrogens with zero attached hydrogens (tertiary/aromatic N) is 1. The lowest BCUT2D eigenvalue weighted by Crippen LogP contribution is -2.55. The van der Waals surface area contributed by atoms with E-state index in [4.69, 9.17) is 42.6 Å². The lowest BCUT2D eigenvalue weighted by atomic mass is 10.0. The van der Waals surface area contributed by atoms with Gasteiger partial charge in [-0.3, -0.25) is 24.6 Å². The fourth-order valence-electron chi connectivity index (χ4n) is 3.87. The summed E-state index contributed by atoms with van der Waals surface area (Å²) >= 11 is 0. The summed E-state index contributed by atoms with van der Waals surface area (Å²) in [5.74, 6) is -1.93. The second-order valence-electron chi connectivity index (χ2n) is 12.3. The highest BCUT2D eigenvalue weighted by atomic mass is 16.6. The van der Waals surface area contributed by atoms with Gasteiger partial charge in [0.1, 0.15) is 11.6 Å². The van der Waals surface area contributed by atoms with Crippen molar-refractivity contribution in [3.63, 3.8) is 0 Å². The van der Waals surface area contributed by atoms with E-state index in [2.05, 4.69) is 21.6 Å². The van der Waals surface area contributed by atoms with Crippen LogP contribution in [0.1, 0.15) is 41.0 Å². The summed E-state index contributed by atoms with van der Waals surface area (Å²) < 4.78 is 48.5. The second kappa shape index (κ2) is 29.2. The molecule has 1 aliphatic heterocycles. The molecular formula is C33H59N5O14. The maximum absolute atomic E-state index is 12.4. The Morgan fingerprint density at radius 2 is 1.00 bits per heavy atom. The Kier molecular flexibility index (Phi) is 26.3. The minimum absolute atomic E-state index is 0.0575. The average molecular weight is 750 g/mol. The van der Waals surface area contributed by atoms with Crippen LogP contribution in [0.5, 0.6) is 0 Å². The maximum atomic E-state index is 12.4. The van der Waals surface area contributed by atoms with Gasteiger partial charge in [-0.25, -0.2) is 20.7 Å². The van der Waals surface area contributed by atoms with Crippen LogP contribution in [0.2, 0.25) is 0 Å². The second-order valence-corrected chi connectivity index (χ2v) is 12.3. The van der Waals surface area contributed by atoms with E-state index in [1.807, 2.05) is 0 Å². The van der Waals surface area contributed by atoms with Crippen molar-refractivity contribution in [3.05, 3.63) is 12.2 Å². The number of nitrogens with one attached hydrogen (secondary N) is 4. The number of imide groups is 1. The summed E-state index contributed by atoms with van der Waals surface area (Å²) in [5.41, 5.74) is 6.42. The van der Waals surface area contributed by atoms with Crippen LogP contribution in [0.4, 0.5) is 4.79 Å². The minimum atomic E-state index is -0.850. The predicted octanol–water partition coefficient (Wildman–Crippen LogP) is -0.364. The monoisotopic (exact) mass is 749 g/mol. The Morgan fingerprint density at radius 1 is 0.615 bits per heavy atom. The smallest absolute Gasteiger partial charge is 0.426 e. The molecule has 0 saturated heterocycles. The first-order valence-corrected chi connectivity index (χ1v) is 17.4. The van der Waals surface area contributed by atoms with Crippen LogP contribution >= 0.6 is 0 Å². The summed E-state index contributed by atoms with van der Waals surface area (Å²) in [5, 5.41) is 3.59. The molecule has 0 aromatic carbocycles. The fourth-order valence-corrected chi connectivity index (χ4v) is 3.87. The van der Waals surface area contributed by atoms with Gasteiger partial charge in [-0.05, 0) is 26.7 Å². The molecule has 0 spiro atoms. The summed E-state index contributed by atoms with van der Waals surface area (Å²) in [7, 11) is 0. The molecule has 19 heteroatoms. The van der Waals surface area contributed by atoms with Crippen molar-refractivity contribution in [2.24, 2.45) is 5.92 Å².